The number of nitrogens with one attached hydrogen (secondary N) is 2. The van der Waals surface area contributed by atoms with Crippen LogP contribution in [-0.4, -0.2) is 73.0 Å². The Morgan fingerprint density at radius 3 is 2.33 bits per heavy atom. The minimum atomic E-state index is -4.22. The van der Waals surface area contributed by atoms with Gasteiger partial charge in [-0.05, 0) is 42.6 Å². The number of piperidine rings is 1. The third kappa shape index (κ3) is 5.48. The zero-order chi connectivity index (χ0) is 28.2. The maximum absolute atomic E-state index is 13.6. The Balaban J connectivity index is 1.59. The minimum absolute atomic E-state index is 0.0441. The van der Waals surface area contributed by atoms with Crippen molar-refractivity contribution in [3.05, 3.63) is 60.6 Å². The zero-order valence-electron chi connectivity index (χ0n) is 22.0. The molecule has 0 saturated carbocycles. The molecular formula is C27H32N4O7S. The average Bonchev–Trinajstić information content (AvgIpc) is 3.39. The highest BCUT2D eigenvalue weighted by Crippen LogP contribution is 2.38. The van der Waals surface area contributed by atoms with Gasteiger partial charge in [0.15, 0.2) is 9.77 Å². The fraction of sp³-hybridized carbons (Fsp3) is 0.370. The monoisotopic (exact) mass is 556 g/mol. The zero-order valence-corrected chi connectivity index (χ0v) is 22.8. The van der Waals surface area contributed by atoms with Crippen molar-refractivity contribution < 1.29 is 32.6 Å². The van der Waals surface area contributed by atoms with Gasteiger partial charge >= 0.3 is 5.97 Å². The molecule has 2 heterocycles. The molecule has 1 fully saturated rings. The number of nitrogens with zero attached hydrogens (tertiary/aromatic N) is 2. The number of carboxylic acids is 1. The van der Waals surface area contributed by atoms with Gasteiger partial charge in [0.25, 0.3) is 0 Å². The molecule has 0 radical (unpaired) electrons. The number of aryl methyl sites for hydroxylation is 1. The van der Waals surface area contributed by atoms with Crippen molar-refractivity contribution in [1.82, 2.24) is 20.2 Å². The summed E-state index contributed by atoms with van der Waals surface area (Å²) in [5.41, 5.74) is 2.20. The van der Waals surface area contributed by atoms with Crippen LogP contribution in [0.25, 0.3) is 11.1 Å². The Hall–Kier alpha value is -3.90. The summed E-state index contributed by atoms with van der Waals surface area (Å²) in [6, 6.07) is 11.2. The van der Waals surface area contributed by atoms with Crippen LogP contribution in [0.1, 0.15) is 18.4 Å². The number of ether oxygens (including phenoxy) is 2. The molecule has 0 spiro atoms. The molecule has 0 aliphatic carbocycles. The standard InChI is InChI=1S/C27H32N4O7S/c1-31-15-23(29-17-31)39(35,36)27(12-5-13-28-16-27)26(34)30-20(25(32)33)14-18-8-10-19(11-9-18)24-21(37-2)6-4-7-22(24)38-3/h4,6-11,15,17,20,28H,5,12-14,16H2,1-3H3,(H,30,34)(H,32,33)/t20-,27?/m0/s1. The summed E-state index contributed by atoms with van der Waals surface area (Å²) in [6.07, 6.45) is 3.13. The highest BCUT2D eigenvalue weighted by atomic mass is 32.2. The predicted molar refractivity (Wildman–Crippen MR) is 143 cm³/mol. The van der Waals surface area contributed by atoms with Gasteiger partial charge < -0.3 is 29.8 Å². The molecule has 1 aliphatic heterocycles. The number of amides is 1. The lowest BCUT2D eigenvalue weighted by molar-refractivity contribution is -0.142. The first kappa shape index (κ1) is 28.1. The van der Waals surface area contributed by atoms with Gasteiger partial charge in [0, 0.05) is 26.2 Å². The molecule has 1 aliphatic rings. The van der Waals surface area contributed by atoms with Gasteiger partial charge in [0.2, 0.25) is 15.7 Å². The van der Waals surface area contributed by atoms with Crippen LogP contribution in [0.2, 0.25) is 0 Å². The molecule has 3 aromatic rings. The molecule has 39 heavy (non-hydrogen) atoms. The number of sulfone groups is 1. The summed E-state index contributed by atoms with van der Waals surface area (Å²) in [5.74, 6) is -0.882. The van der Waals surface area contributed by atoms with Crippen LogP contribution in [-0.2, 0) is 32.9 Å². The SMILES string of the molecule is COc1cccc(OC)c1-c1ccc(C[C@H](NC(=O)C2(S(=O)(=O)c3cn(C)cn3)CCCNC2)C(=O)O)cc1. The number of hydrogen-bond acceptors (Lipinski definition) is 8. The molecule has 1 amide bonds. The molecule has 3 N–H and O–H groups in total. The Bertz CT molecular complexity index is 1420. The first-order valence-corrected chi connectivity index (χ1v) is 13.9. The van der Waals surface area contributed by atoms with Gasteiger partial charge in [-0.2, -0.15) is 0 Å². The molecule has 12 heteroatoms. The van der Waals surface area contributed by atoms with Gasteiger partial charge in [-0.15, -0.1) is 0 Å². The van der Waals surface area contributed by atoms with Crippen molar-refractivity contribution in [3.8, 4) is 22.6 Å². The fourth-order valence-corrected chi connectivity index (χ4v) is 6.72. The van der Waals surface area contributed by atoms with Crippen LogP contribution in [0.5, 0.6) is 11.5 Å². The summed E-state index contributed by atoms with van der Waals surface area (Å²) in [7, 11) is 0.543. The van der Waals surface area contributed by atoms with Crippen LogP contribution >= 0.6 is 0 Å². The largest absolute Gasteiger partial charge is 0.496 e. The van der Waals surface area contributed by atoms with Crippen LogP contribution in [0, 0.1) is 0 Å². The lowest BCUT2D eigenvalue weighted by Gasteiger charge is -2.35. The summed E-state index contributed by atoms with van der Waals surface area (Å²) in [4.78, 5) is 29.7. The van der Waals surface area contributed by atoms with Crippen molar-refractivity contribution in [3.63, 3.8) is 0 Å². The van der Waals surface area contributed by atoms with E-state index in [1.807, 2.05) is 30.3 Å². The van der Waals surface area contributed by atoms with E-state index in [2.05, 4.69) is 15.6 Å². The van der Waals surface area contributed by atoms with Gasteiger partial charge in [0.1, 0.15) is 17.5 Å². The summed E-state index contributed by atoms with van der Waals surface area (Å²) in [5, 5.41) is 15.2. The topological polar surface area (TPSA) is 149 Å². The summed E-state index contributed by atoms with van der Waals surface area (Å²) in [6.45, 7) is 0.415. The van der Waals surface area contributed by atoms with E-state index < -0.39 is 32.5 Å². The number of carboxylic acid groups (broad SMARTS) is 1. The molecule has 208 valence electrons. The molecule has 1 unspecified atom stereocenters. The van der Waals surface area contributed by atoms with Crippen molar-refractivity contribution in [2.24, 2.45) is 7.05 Å². The van der Waals surface area contributed by atoms with Crippen LogP contribution < -0.4 is 20.1 Å². The summed E-state index contributed by atoms with van der Waals surface area (Å²) < 4.78 is 37.8. The highest BCUT2D eigenvalue weighted by molar-refractivity contribution is 7.93. The molecule has 1 aromatic heterocycles. The lowest BCUT2D eigenvalue weighted by atomic mass is 9.96. The summed E-state index contributed by atoms with van der Waals surface area (Å²) >= 11 is 0. The Kier molecular flexibility index (Phi) is 8.26. The van der Waals surface area contributed by atoms with E-state index in [9.17, 15) is 23.1 Å². The van der Waals surface area contributed by atoms with E-state index in [1.54, 1.807) is 33.4 Å². The number of benzene rings is 2. The van der Waals surface area contributed by atoms with Gasteiger partial charge in [-0.25, -0.2) is 18.2 Å². The van der Waals surface area contributed by atoms with E-state index >= 15 is 0 Å². The van der Waals surface area contributed by atoms with Gasteiger partial charge in [-0.3, -0.25) is 4.79 Å². The normalized spacial score (nSPS) is 18.2. The van der Waals surface area contributed by atoms with Gasteiger partial charge in [0.05, 0.1) is 26.1 Å². The molecule has 1 saturated heterocycles. The van der Waals surface area contributed by atoms with E-state index in [-0.39, 0.29) is 24.4 Å². The van der Waals surface area contributed by atoms with Gasteiger partial charge in [-0.1, -0.05) is 30.3 Å². The van der Waals surface area contributed by atoms with Crippen LogP contribution in [0.3, 0.4) is 0 Å². The number of methoxy groups -OCH3 is 2. The number of imidazole rings is 1. The van der Waals surface area contributed by atoms with Crippen LogP contribution in [0.15, 0.2) is 60.0 Å². The Morgan fingerprint density at radius 2 is 1.82 bits per heavy atom. The number of rotatable bonds is 10. The van der Waals surface area contributed by atoms with E-state index in [4.69, 9.17) is 9.47 Å². The van der Waals surface area contributed by atoms with E-state index in [0.717, 1.165) is 11.1 Å². The minimum Gasteiger partial charge on any atom is -0.496 e. The number of carbonyl (C=O) groups is 2. The molecular weight excluding hydrogens is 524 g/mol. The number of aliphatic carboxylic acids is 1. The first-order chi connectivity index (χ1) is 18.6. The van der Waals surface area contributed by atoms with Crippen molar-refractivity contribution in [2.45, 2.75) is 35.1 Å². The maximum atomic E-state index is 13.6. The van der Waals surface area contributed by atoms with Crippen molar-refractivity contribution >= 4 is 21.7 Å². The average molecular weight is 557 g/mol. The highest BCUT2D eigenvalue weighted by Gasteiger charge is 2.53. The van der Waals surface area contributed by atoms with Crippen molar-refractivity contribution in [1.29, 1.82) is 0 Å². The number of aromatic nitrogens is 2. The third-order valence-electron chi connectivity index (χ3n) is 6.94. The second-order valence-corrected chi connectivity index (χ2v) is 11.7. The molecule has 2 aromatic carbocycles. The first-order valence-electron chi connectivity index (χ1n) is 12.4. The van der Waals surface area contributed by atoms with E-state index in [0.29, 0.717) is 30.0 Å². The predicted octanol–water partition coefficient (Wildman–Crippen LogP) is 1.81. The second kappa shape index (κ2) is 11.5. The van der Waals surface area contributed by atoms with Crippen LogP contribution in [0.4, 0.5) is 0 Å². The second-order valence-electron chi connectivity index (χ2n) is 9.46. The maximum Gasteiger partial charge on any atom is 0.326 e. The third-order valence-corrected chi connectivity index (χ3v) is 9.27. The number of hydrogen-bond donors (Lipinski definition) is 3. The quantitative estimate of drug-likeness (QED) is 0.340. The number of carbonyl (C=O) groups excluding carboxylic acids is 1. The lowest BCUT2D eigenvalue weighted by Crippen LogP contribution is -2.62. The van der Waals surface area contributed by atoms with Crippen molar-refractivity contribution in [2.75, 3.05) is 27.3 Å². The fourth-order valence-electron chi connectivity index (χ4n) is 4.82. The Labute approximate surface area is 227 Å². The van der Waals surface area contributed by atoms with E-state index in [1.165, 1.54) is 17.1 Å². The molecule has 4 rings (SSSR count). The molecule has 0 bridgehead atoms. The Morgan fingerprint density at radius 1 is 1.15 bits per heavy atom. The smallest absolute Gasteiger partial charge is 0.326 e. The molecule has 11 nitrogen and oxygen atoms in total. The molecule has 2 atom stereocenters.